The standard InChI is InChI=1S/C12H14FN5O2S/c13-10-2-1-3-11(9(10)6-14)21(19,20)18-5-4-17-8-15-16-12(17)7-18/h1-3,8H,4-7,14H2. The van der Waals surface area contributed by atoms with Crippen LogP contribution in [0.3, 0.4) is 0 Å². The van der Waals surface area contributed by atoms with Crippen molar-refractivity contribution in [2.24, 2.45) is 5.73 Å². The predicted molar refractivity (Wildman–Crippen MR) is 71.9 cm³/mol. The van der Waals surface area contributed by atoms with Crippen molar-refractivity contribution in [1.29, 1.82) is 0 Å². The number of sulfonamides is 1. The van der Waals surface area contributed by atoms with Crippen molar-refractivity contribution in [3.63, 3.8) is 0 Å². The maximum absolute atomic E-state index is 13.7. The Balaban J connectivity index is 2.01. The zero-order valence-electron chi connectivity index (χ0n) is 11.1. The van der Waals surface area contributed by atoms with Gasteiger partial charge in [-0.25, -0.2) is 12.8 Å². The number of rotatable bonds is 3. The van der Waals surface area contributed by atoms with Crippen molar-refractivity contribution in [3.8, 4) is 0 Å². The van der Waals surface area contributed by atoms with Gasteiger partial charge in [0.2, 0.25) is 10.0 Å². The normalized spacial score (nSPS) is 15.9. The van der Waals surface area contributed by atoms with Crippen molar-refractivity contribution < 1.29 is 12.8 Å². The van der Waals surface area contributed by atoms with Crippen LogP contribution in [0.15, 0.2) is 29.4 Å². The molecule has 2 aromatic rings. The van der Waals surface area contributed by atoms with E-state index in [0.29, 0.717) is 12.4 Å². The molecule has 1 aromatic carbocycles. The Morgan fingerprint density at radius 1 is 1.33 bits per heavy atom. The van der Waals surface area contributed by atoms with E-state index in [1.54, 1.807) is 10.9 Å². The van der Waals surface area contributed by atoms with Crippen LogP contribution in [-0.4, -0.2) is 34.0 Å². The molecule has 0 spiro atoms. The topological polar surface area (TPSA) is 94.1 Å². The summed E-state index contributed by atoms with van der Waals surface area (Å²) < 4.78 is 42.2. The summed E-state index contributed by atoms with van der Waals surface area (Å²) in [7, 11) is -3.82. The van der Waals surface area contributed by atoms with Crippen LogP contribution in [0, 0.1) is 5.82 Å². The fraction of sp³-hybridized carbons (Fsp3) is 0.333. The van der Waals surface area contributed by atoms with Crippen LogP contribution in [0.5, 0.6) is 0 Å². The van der Waals surface area contributed by atoms with Gasteiger partial charge in [0.05, 0.1) is 11.4 Å². The van der Waals surface area contributed by atoms with E-state index in [1.165, 1.54) is 22.5 Å². The molecule has 0 radical (unpaired) electrons. The molecule has 0 bridgehead atoms. The minimum Gasteiger partial charge on any atom is -0.326 e. The van der Waals surface area contributed by atoms with E-state index in [4.69, 9.17) is 5.73 Å². The molecule has 7 nitrogen and oxygen atoms in total. The lowest BCUT2D eigenvalue weighted by molar-refractivity contribution is 0.335. The van der Waals surface area contributed by atoms with Crippen molar-refractivity contribution in [1.82, 2.24) is 19.1 Å². The second-order valence-electron chi connectivity index (χ2n) is 4.70. The van der Waals surface area contributed by atoms with Gasteiger partial charge in [0, 0.05) is 25.2 Å². The fourth-order valence-corrected chi connectivity index (χ4v) is 4.00. The van der Waals surface area contributed by atoms with Gasteiger partial charge in [-0.1, -0.05) is 6.07 Å². The van der Waals surface area contributed by atoms with Gasteiger partial charge >= 0.3 is 0 Å². The summed E-state index contributed by atoms with van der Waals surface area (Å²) in [5.74, 6) is -0.0470. The number of aromatic nitrogens is 3. The van der Waals surface area contributed by atoms with Crippen molar-refractivity contribution in [2.75, 3.05) is 6.54 Å². The first kappa shape index (κ1) is 14.1. The highest BCUT2D eigenvalue weighted by Crippen LogP contribution is 2.25. The molecule has 0 fully saturated rings. The zero-order valence-corrected chi connectivity index (χ0v) is 11.9. The first-order valence-electron chi connectivity index (χ1n) is 6.38. The first-order valence-corrected chi connectivity index (χ1v) is 7.82. The Bertz CT molecular complexity index is 774. The minimum atomic E-state index is -3.82. The van der Waals surface area contributed by atoms with E-state index in [0.717, 1.165) is 0 Å². The van der Waals surface area contributed by atoms with E-state index >= 15 is 0 Å². The largest absolute Gasteiger partial charge is 0.326 e. The summed E-state index contributed by atoms with van der Waals surface area (Å²) in [6.45, 7) is 0.691. The predicted octanol–water partition coefficient (Wildman–Crippen LogP) is 0.0804. The number of halogens is 1. The maximum atomic E-state index is 13.7. The summed E-state index contributed by atoms with van der Waals surface area (Å²) in [6.07, 6.45) is 1.56. The molecule has 0 saturated carbocycles. The number of hydrogen-bond donors (Lipinski definition) is 1. The Kier molecular flexibility index (Phi) is 3.47. The first-order chi connectivity index (χ1) is 10.0. The molecule has 0 aliphatic carbocycles. The summed E-state index contributed by atoms with van der Waals surface area (Å²) in [5, 5.41) is 7.63. The van der Waals surface area contributed by atoms with Crippen LogP contribution in [0.1, 0.15) is 11.4 Å². The Morgan fingerprint density at radius 3 is 2.90 bits per heavy atom. The van der Waals surface area contributed by atoms with E-state index in [2.05, 4.69) is 10.2 Å². The quantitative estimate of drug-likeness (QED) is 0.866. The van der Waals surface area contributed by atoms with Crippen LogP contribution in [0.25, 0.3) is 0 Å². The molecule has 0 amide bonds. The maximum Gasteiger partial charge on any atom is 0.243 e. The lowest BCUT2D eigenvalue weighted by Gasteiger charge is -2.27. The average molecular weight is 311 g/mol. The van der Waals surface area contributed by atoms with Gasteiger partial charge in [-0.3, -0.25) is 0 Å². The third-order valence-electron chi connectivity index (χ3n) is 3.50. The number of fused-ring (bicyclic) bond motifs is 1. The average Bonchev–Trinajstić information content (AvgIpc) is 2.94. The van der Waals surface area contributed by atoms with Crippen LogP contribution in [-0.2, 0) is 29.7 Å². The third kappa shape index (κ3) is 2.33. The SMILES string of the molecule is NCc1c(F)cccc1S(=O)(=O)N1CCn2cnnc2C1. The summed E-state index contributed by atoms with van der Waals surface area (Å²) in [5.41, 5.74) is 5.49. The van der Waals surface area contributed by atoms with Crippen molar-refractivity contribution in [3.05, 3.63) is 41.7 Å². The van der Waals surface area contributed by atoms with Gasteiger partial charge in [0.25, 0.3) is 0 Å². The highest BCUT2D eigenvalue weighted by atomic mass is 32.2. The molecule has 1 aliphatic rings. The van der Waals surface area contributed by atoms with E-state index in [9.17, 15) is 12.8 Å². The molecule has 0 atom stereocenters. The molecule has 112 valence electrons. The van der Waals surface area contributed by atoms with Gasteiger partial charge in [-0.15, -0.1) is 10.2 Å². The molecule has 1 aliphatic heterocycles. The number of nitrogens with zero attached hydrogens (tertiary/aromatic N) is 4. The Hall–Kier alpha value is -1.84. The molecule has 9 heteroatoms. The third-order valence-corrected chi connectivity index (χ3v) is 5.43. The second kappa shape index (κ2) is 5.17. The van der Waals surface area contributed by atoms with Gasteiger partial charge in [0.15, 0.2) is 0 Å². The number of hydrogen-bond acceptors (Lipinski definition) is 5. The van der Waals surface area contributed by atoms with Crippen LogP contribution in [0.2, 0.25) is 0 Å². The van der Waals surface area contributed by atoms with Crippen LogP contribution >= 0.6 is 0 Å². The molecule has 0 saturated heterocycles. The minimum absolute atomic E-state index is 0.00420. The summed E-state index contributed by atoms with van der Waals surface area (Å²) >= 11 is 0. The highest BCUT2D eigenvalue weighted by Gasteiger charge is 2.31. The summed E-state index contributed by atoms with van der Waals surface area (Å²) in [4.78, 5) is -0.0852. The van der Waals surface area contributed by atoms with Crippen LogP contribution in [0.4, 0.5) is 4.39 Å². The van der Waals surface area contributed by atoms with Gasteiger partial charge in [0.1, 0.15) is 18.0 Å². The molecule has 2 heterocycles. The molecule has 0 unspecified atom stereocenters. The molecular weight excluding hydrogens is 297 g/mol. The Labute approximate surface area is 121 Å². The zero-order chi connectivity index (χ0) is 15.0. The summed E-state index contributed by atoms with van der Waals surface area (Å²) in [6, 6.07) is 3.95. The molecular formula is C12H14FN5O2S. The second-order valence-corrected chi connectivity index (χ2v) is 6.61. The number of benzene rings is 1. The van der Waals surface area contributed by atoms with Gasteiger partial charge in [-0.2, -0.15) is 4.31 Å². The monoisotopic (exact) mass is 311 g/mol. The highest BCUT2D eigenvalue weighted by molar-refractivity contribution is 7.89. The number of nitrogens with two attached hydrogens (primary N) is 1. The van der Waals surface area contributed by atoms with Crippen molar-refractivity contribution >= 4 is 10.0 Å². The van der Waals surface area contributed by atoms with E-state index < -0.39 is 15.8 Å². The lowest BCUT2D eigenvalue weighted by atomic mass is 10.2. The van der Waals surface area contributed by atoms with Gasteiger partial charge < -0.3 is 10.3 Å². The Morgan fingerprint density at radius 2 is 2.14 bits per heavy atom. The molecule has 2 N–H and O–H groups in total. The lowest BCUT2D eigenvalue weighted by Crippen LogP contribution is -2.38. The van der Waals surface area contributed by atoms with Crippen LogP contribution < -0.4 is 5.73 Å². The van der Waals surface area contributed by atoms with Gasteiger partial charge in [-0.05, 0) is 12.1 Å². The van der Waals surface area contributed by atoms with Crippen molar-refractivity contribution in [2.45, 2.75) is 24.5 Å². The smallest absolute Gasteiger partial charge is 0.243 e. The molecule has 3 rings (SSSR count). The van der Waals surface area contributed by atoms with E-state index in [-0.39, 0.29) is 30.1 Å². The van der Waals surface area contributed by atoms with E-state index in [1.807, 2.05) is 0 Å². The fourth-order valence-electron chi connectivity index (χ4n) is 2.37. The molecule has 21 heavy (non-hydrogen) atoms. The molecule has 1 aromatic heterocycles.